The fourth-order valence-corrected chi connectivity index (χ4v) is 2.71. The van der Waals surface area contributed by atoms with Crippen molar-refractivity contribution >= 4 is 0 Å². The molecule has 2 rings (SSSR count). The van der Waals surface area contributed by atoms with E-state index in [1.165, 1.54) is 31.2 Å². The number of nitrogens with one attached hydrogen (secondary N) is 1. The number of likely N-dealkylation sites (N-methyl/N-ethyl adjacent to an activating group) is 1. The standard InChI is InChI=1S/C16H25NO/c1-3-13-9-11-14(12-10-13)18-16-8-6-5-7-15(16)17-4-2/h9-12,15-17H,3-8H2,1-2H3. The Labute approximate surface area is 111 Å². The van der Waals surface area contributed by atoms with E-state index in [1.54, 1.807) is 0 Å². The first kappa shape index (κ1) is 13.4. The molecule has 0 radical (unpaired) electrons. The molecule has 1 N–H and O–H groups in total. The molecule has 2 unspecified atom stereocenters. The molecule has 1 aromatic rings. The molecular formula is C16H25NO. The number of rotatable bonds is 5. The molecule has 1 saturated carbocycles. The maximum absolute atomic E-state index is 6.16. The van der Waals surface area contributed by atoms with Gasteiger partial charge in [-0.25, -0.2) is 0 Å². The van der Waals surface area contributed by atoms with E-state index in [0.29, 0.717) is 12.1 Å². The summed E-state index contributed by atoms with van der Waals surface area (Å²) in [4.78, 5) is 0. The minimum Gasteiger partial charge on any atom is -0.489 e. The van der Waals surface area contributed by atoms with Crippen LogP contribution in [0.25, 0.3) is 0 Å². The molecule has 18 heavy (non-hydrogen) atoms. The topological polar surface area (TPSA) is 21.3 Å². The van der Waals surface area contributed by atoms with Gasteiger partial charge in [-0.2, -0.15) is 0 Å². The highest BCUT2D eigenvalue weighted by molar-refractivity contribution is 5.27. The average molecular weight is 247 g/mol. The van der Waals surface area contributed by atoms with Gasteiger partial charge in [0.05, 0.1) is 0 Å². The van der Waals surface area contributed by atoms with Crippen LogP contribution in [0, 0.1) is 0 Å². The molecular weight excluding hydrogens is 222 g/mol. The van der Waals surface area contributed by atoms with Crippen molar-refractivity contribution < 1.29 is 4.74 Å². The number of hydrogen-bond acceptors (Lipinski definition) is 2. The lowest BCUT2D eigenvalue weighted by Gasteiger charge is -2.32. The minimum atomic E-state index is 0.339. The highest BCUT2D eigenvalue weighted by atomic mass is 16.5. The van der Waals surface area contributed by atoms with Gasteiger partial charge in [0.2, 0.25) is 0 Å². The first-order chi connectivity index (χ1) is 8.83. The molecule has 0 saturated heterocycles. The zero-order valence-electron chi connectivity index (χ0n) is 11.6. The normalized spacial score (nSPS) is 23.9. The third-order valence-electron chi connectivity index (χ3n) is 3.79. The summed E-state index contributed by atoms with van der Waals surface area (Å²) in [5.41, 5.74) is 1.37. The SMILES string of the molecule is CCNC1CCCCC1Oc1ccc(CC)cc1. The molecule has 2 heteroatoms. The maximum Gasteiger partial charge on any atom is 0.119 e. The van der Waals surface area contributed by atoms with Crippen LogP contribution in [0.1, 0.15) is 45.1 Å². The molecule has 0 heterocycles. The highest BCUT2D eigenvalue weighted by Gasteiger charge is 2.25. The maximum atomic E-state index is 6.16. The lowest BCUT2D eigenvalue weighted by Crippen LogP contribution is -2.45. The van der Waals surface area contributed by atoms with Crippen molar-refractivity contribution in [3.63, 3.8) is 0 Å². The van der Waals surface area contributed by atoms with Crippen LogP contribution in [-0.2, 0) is 6.42 Å². The van der Waals surface area contributed by atoms with E-state index >= 15 is 0 Å². The second kappa shape index (κ2) is 6.79. The van der Waals surface area contributed by atoms with Crippen LogP contribution in [0.4, 0.5) is 0 Å². The van der Waals surface area contributed by atoms with Crippen LogP contribution in [0.2, 0.25) is 0 Å². The van der Waals surface area contributed by atoms with Crippen molar-refractivity contribution in [1.29, 1.82) is 0 Å². The molecule has 1 aromatic carbocycles. The molecule has 2 nitrogen and oxygen atoms in total. The van der Waals surface area contributed by atoms with Gasteiger partial charge in [0.15, 0.2) is 0 Å². The summed E-state index contributed by atoms with van der Waals surface area (Å²) in [6.07, 6.45) is 6.46. The van der Waals surface area contributed by atoms with E-state index in [4.69, 9.17) is 4.74 Å². The summed E-state index contributed by atoms with van der Waals surface area (Å²) in [5.74, 6) is 1.02. The summed E-state index contributed by atoms with van der Waals surface area (Å²) in [5, 5.41) is 3.55. The first-order valence-corrected chi connectivity index (χ1v) is 7.32. The fourth-order valence-electron chi connectivity index (χ4n) is 2.71. The van der Waals surface area contributed by atoms with Crippen molar-refractivity contribution in [2.45, 2.75) is 58.1 Å². The summed E-state index contributed by atoms with van der Waals surface area (Å²) < 4.78 is 6.16. The van der Waals surface area contributed by atoms with Crippen molar-refractivity contribution in [2.24, 2.45) is 0 Å². The summed E-state index contributed by atoms with van der Waals surface area (Å²) in [6.45, 7) is 5.37. The quantitative estimate of drug-likeness (QED) is 0.859. The van der Waals surface area contributed by atoms with Crippen LogP contribution in [0.15, 0.2) is 24.3 Å². The lowest BCUT2D eigenvalue weighted by atomic mass is 9.92. The van der Waals surface area contributed by atoms with Gasteiger partial charge in [0, 0.05) is 6.04 Å². The zero-order valence-corrected chi connectivity index (χ0v) is 11.6. The Morgan fingerprint density at radius 2 is 1.83 bits per heavy atom. The van der Waals surface area contributed by atoms with Crippen LogP contribution < -0.4 is 10.1 Å². The van der Waals surface area contributed by atoms with E-state index in [-0.39, 0.29) is 0 Å². The second-order valence-corrected chi connectivity index (χ2v) is 5.10. The number of hydrogen-bond donors (Lipinski definition) is 1. The largest absolute Gasteiger partial charge is 0.489 e. The minimum absolute atomic E-state index is 0.339. The Morgan fingerprint density at radius 3 is 2.50 bits per heavy atom. The van der Waals surface area contributed by atoms with Gasteiger partial charge in [0.25, 0.3) is 0 Å². The van der Waals surface area contributed by atoms with Crippen molar-refractivity contribution in [3.8, 4) is 5.75 Å². The summed E-state index contributed by atoms with van der Waals surface area (Å²) >= 11 is 0. The molecule has 0 aliphatic heterocycles. The molecule has 0 bridgehead atoms. The van der Waals surface area contributed by atoms with Crippen molar-refractivity contribution in [3.05, 3.63) is 29.8 Å². The third kappa shape index (κ3) is 3.49. The predicted octanol–water partition coefficient (Wildman–Crippen LogP) is 3.55. The molecule has 0 amide bonds. The van der Waals surface area contributed by atoms with Gasteiger partial charge in [-0.05, 0) is 49.9 Å². The summed E-state index contributed by atoms with van der Waals surface area (Å²) in [6, 6.07) is 9.07. The summed E-state index contributed by atoms with van der Waals surface area (Å²) in [7, 11) is 0. The molecule has 0 aromatic heterocycles. The van der Waals surface area contributed by atoms with E-state index in [2.05, 4.69) is 43.4 Å². The van der Waals surface area contributed by atoms with Crippen LogP contribution in [0.5, 0.6) is 5.75 Å². The van der Waals surface area contributed by atoms with E-state index in [0.717, 1.165) is 18.7 Å². The zero-order chi connectivity index (χ0) is 12.8. The Balaban J connectivity index is 1.96. The smallest absolute Gasteiger partial charge is 0.119 e. The monoisotopic (exact) mass is 247 g/mol. The van der Waals surface area contributed by atoms with E-state index < -0.39 is 0 Å². The van der Waals surface area contributed by atoms with Gasteiger partial charge in [0.1, 0.15) is 11.9 Å². The van der Waals surface area contributed by atoms with E-state index in [1.807, 2.05) is 0 Å². The van der Waals surface area contributed by atoms with Crippen molar-refractivity contribution in [2.75, 3.05) is 6.54 Å². The Morgan fingerprint density at radius 1 is 1.11 bits per heavy atom. The average Bonchev–Trinajstić information content (AvgIpc) is 2.42. The molecule has 1 aliphatic rings. The predicted molar refractivity (Wildman–Crippen MR) is 76.2 cm³/mol. The first-order valence-electron chi connectivity index (χ1n) is 7.32. The molecule has 100 valence electrons. The fraction of sp³-hybridized carbons (Fsp3) is 0.625. The number of benzene rings is 1. The lowest BCUT2D eigenvalue weighted by molar-refractivity contribution is 0.115. The van der Waals surface area contributed by atoms with Gasteiger partial charge in [-0.15, -0.1) is 0 Å². The molecule has 1 aliphatic carbocycles. The van der Waals surface area contributed by atoms with Crippen LogP contribution in [0.3, 0.4) is 0 Å². The molecule has 1 fully saturated rings. The van der Waals surface area contributed by atoms with Crippen molar-refractivity contribution in [1.82, 2.24) is 5.32 Å². The molecule has 0 spiro atoms. The molecule has 2 atom stereocenters. The number of ether oxygens (including phenoxy) is 1. The van der Waals surface area contributed by atoms with Gasteiger partial charge in [-0.1, -0.05) is 32.4 Å². The Bertz CT molecular complexity index is 345. The third-order valence-corrected chi connectivity index (χ3v) is 3.79. The van der Waals surface area contributed by atoms with Crippen LogP contribution in [-0.4, -0.2) is 18.7 Å². The number of aryl methyl sites for hydroxylation is 1. The Hall–Kier alpha value is -1.02. The highest BCUT2D eigenvalue weighted by Crippen LogP contribution is 2.24. The second-order valence-electron chi connectivity index (χ2n) is 5.10. The van der Waals surface area contributed by atoms with Crippen LogP contribution >= 0.6 is 0 Å². The van der Waals surface area contributed by atoms with Gasteiger partial charge >= 0.3 is 0 Å². The van der Waals surface area contributed by atoms with E-state index in [9.17, 15) is 0 Å². The van der Waals surface area contributed by atoms with Gasteiger partial charge in [-0.3, -0.25) is 0 Å². The Kier molecular flexibility index (Phi) is 5.06. The van der Waals surface area contributed by atoms with Gasteiger partial charge < -0.3 is 10.1 Å².